The van der Waals surface area contributed by atoms with E-state index in [2.05, 4.69) is 4.98 Å². The summed E-state index contributed by atoms with van der Waals surface area (Å²) >= 11 is 0. The molecule has 8 heteroatoms. The maximum atomic E-state index is 14.4. The molecule has 1 aliphatic rings. The highest BCUT2D eigenvalue weighted by atomic mass is 19.1. The number of halogens is 3. The second kappa shape index (κ2) is 8.83. The molecule has 0 saturated carbocycles. The number of hydrogen-bond donors (Lipinski definition) is 0. The molecule has 1 amide bonds. The zero-order valence-corrected chi connectivity index (χ0v) is 19.7. The molecule has 2 unspecified atom stereocenters. The van der Waals surface area contributed by atoms with Gasteiger partial charge in [-0.05, 0) is 49.6 Å². The first-order valence-electron chi connectivity index (χ1n) is 11.7. The summed E-state index contributed by atoms with van der Waals surface area (Å²) in [5.74, 6) is -2.00. The van der Waals surface area contributed by atoms with E-state index < -0.39 is 17.5 Å². The molecule has 1 aliphatic heterocycles. The summed E-state index contributed by atoms with van der Waals surface area (Å²) < 4.78 is 44.1. The molecule has 0 radical (unpaired) electrons. The van der Waals surface area contributed by atoms with Gasteiger partial charge in [0.15, 0.2) is 0 Å². The van der Waals surface area contributed by atoms with E-state index in [0.717, 1.165) is 17.3 Å². The van der Waals surface area contributed by atoms with Gasteiger partial charge in [-0.1, -0.05) is 19.9 Å². The minimum absolute atomic E-state index is 0.158. The Kier molecular flexibility index (Phi) is 5.83. The number of carbonyl (C=O) groups is 1. The van der Waals surface area contributed by atoms with Crippen molar-refractivity contribution in [2.45, 2.75) is 45.2 Å². The number of aromatic nitrogens is 3. The highest BCUT2D eigenvalue weighted by Gasteiger charge is 2.40. The van der Waals surface area contributed by atoms with E-state index in [4.69, 9.17) is 5.10 Å². The van der Waals surface area contributed by atoms with Crippen molar-refractivity contribution >= 4 is 16.8 Å². The van der Waals surface area contributed by atoms with Gasteiger partial charge in [-0.2, -0.15) is 5.10 Å². The Hall–Kier alpha value is -3.68. The van der Waals surface area contributed by atoms with E-state index in [-0.39, 0.29) is 23.5 Å². The Bertz CT molecular complexity index is 1430. The smallest absolute Gasteiger partial charge is 0.255 e. The van der Waals surface area contributed by atoms with Crippen LogP contribution >= 0.6 is 0 Å². The fourth-order valence-electron chi connectivity index (χ4n) is 5.33. The number of carbonyl (C=O) groups excluding carboxylic acids is 1. The Morgan fingerprint density at radius 2 is 1.80 bits per heavy atom. The van der Waals surface area contributed by atoms with Crippen molar-refractivity contribution < 1.29 is 18.0 Å². The van der Waals surface area contributed by atoms with E-state index in [1.807, 2.05) is 18.7 Å². The molecule has 180 valence electrons. The van der Waals surface area contributed by atoms with Gasteiger partial charge in [0.1, 0.15) is 23.0 Å². The Labute approximate surface area is 201 Å². The lowest BCUT2D eigenvalue weighted by Crippen LogP contribution is -2.47. The third kappa shape index (κ3) is 3.77. The summed E-state index contributed by atoms with van der Waals surface area (Å²) in [5, 5.41) is 5.18. The molecule has 35 heavy (non-hydrogen) atoms. The van der Waals surface area contributed by atoms with Crippen LogP contribution in [0.5, 0.6) is 0 Å². The number of rotatable bonds is 4. The predicted octanol–water partition coefficient (Wildman–Crippen LogP) is 5.98. The SMILES string of the molecule is CCC1Cc2c(nn(C)c2-c2cc(F)cc(F)c2)C(CC)N1C(=O)c1ccc(F)c2ncccc12. The number of hydrogen-bond acceptors (Lipinski definition) is 3. The standard InChI is InChI=1S/C27H25F3N4O/c1-4-18-14-21-25(32-33(3)26(21)15-11-16(28)13-17(29)12-15)23(5-2)34(18)27(35)20-8-9-22(30)24-19(20)7-6-10-31-24/h6-13,18,23H,4-5,14H2,1-3H3. The normalized spacial score (nSPS) is 17.6. The summed E-state index contributed by atoms with van der Waals surface area (Å²) in [6.07, 6.45) is 3.26. The average molecular weight is 479 g/mol. The molecule has 0 bridgehead atoms. The van der Waals surface area contributed by atoms with Crippen LogP contribution in [0.3, 0.4) is 0 Å². The second-order valence-electron chi connectivity index (χ2n) is 8.89. The molecule has 0 N–H and O–H groups in total. The molecule has 5 rings (SSSR count). The zero-order chi connectivity index (χ0) is 24.9. The maximum Gasteiger partial charge on any atom is 0.255 e. The van der Waals surface area contributed by atoms with E-state index in [1.54, 1.807) is 23.9 Å². The average Bonchev–Trinajstić information content (AvgIpc) is 3.17. The first-order chi connectivity index (χ1) is 16.8. The van der Waals surface area contributed by atoms with Crippen LogP contribution in [0.1, 0.15) is 54.3 Å². The minimum Gasteiger partial charge on any atom is -0.327 e. The van der Waals surface area contributed by atoms with Gasteiger partial charge in [-0.3, -0.25) is 14.5 Å². The molecule has 2 atom stereocenters. The van der Waals surface area contributed by atoms with Gasteiger partial charge in [0.05, 0.1) is 17.4 Å². The molecule has 2 aromatic heterocycles. The third-order valence-electron chi connectivity index (χ3n) is 6.84. The topological polar surface area (TPSA) is 51.0 Å². The number of fused-ring (bicyclic) bond motifs is 2. The molecule has 3 heterocycles. The van der Waals surface area contributed by atoms with Crippen LogP contribution in [0.15, 0.2) is 48.7 Å². The Morgan fingerprint density at radius 3 is 2.49 bits per heavy atom. The Balaban J connectivity index is 1.64. The van der Waals surface area contributed by atoms with Gasteiger partial charge in [-0.15, -0.1) is 0 Å². The second-order valence-corrected chi connectivity index (χ2v) is 8.89. The number of benzene rings is 2. The summed E-state index contributed by atoms with van der Waals surface area (Å²) in [7, 11) is 1.75. The van der Waals surface area contributed by atoms with E-state index in [0.29, 0.717) is 41.5 Å². The summed E-state index contributed by atoms with van der Waals surface area (Å²) in [4.78, 5) is 19.9. The van der Waals surface area contributed by atoms with Crippen molar-refractivity contribution in [2.75, 3.05) is 0 Å². The quantitative estimate of drug-likeness (QED) is 0.363. The van der Waals surface area contributed by atoms with Gasteiger partial charge in [0, 0.05) is 47.4 Å². The lowest BCUT2D eigenvalue weighted by atomic mass is 9.87. The van der Waals surface area contributed by atoms with Crippen LogP contribution in [-0.2, 0) is 13.5 Å². The lowest BCUT2D eigenvalue weighted by molar-refractivity contribution is 0.0515. The summed E-state index contributed by atoms with van der Waals surface area (Å²) in [6, 6.07) is 9.11. The van der Waals surface area contributed by atoms with Crippen LogP contribution in [0.2, 0.25) is 0 Å². The third-order valence-corrected chi connectivity index (χ3v) is 6.84. The van der Waals surface area contributed by atoms with Crippen LogP contribution in [0.4, 0.5) is 13.2 Å². The highest BCUT2D eigenvalue weighted by molar-refractivity contribution is 6.06. The van der Waals surface area contributed by atoms with Crippen LogP contribution < -0.4 is 0 Å². The lowest BCUT2D eigenvalue weighted by Gasteiger charge is -2.41. The monoisotopic (exact) mass is 478 g/mol. The minimum atomic E-state index is -0.654. The number of pyridine rings is 1. The van der Waals surface area contributed by atoms with Crippen molar-refractivity contribution in [3.05, 3.63) is 82.9 Å². The first kappa shape index (κ1) is 23.1. The first-order valence-corrected chi connectivity index (χ1v) is 11.7. The van der Waals surface area contributed by atoms with Gasteiger partial charge in [-0.25, -0.2) is 13.2 Å². The summed E-state index contributed by atoms with van der Waals surface area (Å²) in [6.45, 7) is 3.98. The zero-order valence-electron chi connectivity index (χ0n) is 19.7. The van der Waals surface area contributed by atoms with E-state index >= 15 is 0 Å². The predicted molar refractivity (Wildman–Crippen MR) is 127 cm³/mol. The van der Waals surface area contributed by atoms with E-state index in [9.17, 15) is 18.0 Å². The van der Waals surface area contributed by atoms with Gasteiger partial charge in [0.25, 0.3) is 5.91 Å². The molecule has 5 nitrogen and oxygen atoms in total. The van der Waals surface area contributed by atoms with Crippen LogP contribution in [0, 0.1) is 17.5 Å². The van der Waals surface area contributed by atoms with Gasteiger partial charge < -0.3 is 4.90 Å². The van der Waals surface area contributed by atoms with Crippen molar-refractivity contribution in [1.82, 2.24) is 19.7 Å². The number of nitrogens with zero attached hydrogens (tertiary/aromatic N) is 4. The maximum absolute atomic E-state index is 14.4. The molecule has 2 aromatic carbocycles. The van der Waals surface area contributed by atoms with Crippen LogP contribution in [0.25, 0.3) is 22.2 Å². The fourth-order valence-corrected chi connectivity index (χ4v) is 5.33. The van der Waals surface area contributed by atoms with Crippen LogP contribution in [-0.4, -0.2) is 31.6 Å². The largest absolute Gasteiger partial charge is 0.327 e. The van der Waals surface area contributed by atoms with Crippen molar-refractivity contribution in [3.63, 3.8) is 0 Å². The van der Waals surface area contributed by atoms with Gasteiger partial charge >= 0.3 is 0 Å². The van der Waals surface area contributed by atoms with E-state index in [1.165, 1.54) is 30.5 Å². The molecule has 0 aliphatic carbocycles. The number of amides is 1. The van der Waals surface area contributed by atoms with Crippen molar-refractivity contribution in [3.8, 4) is 11.3 Å². The summed E-state index contributed by atoms with van der Waals surface area (Å²) in [5.41, 5.74) is 3.23. The molecule has 0 fully saturated rings. The fraction of sp³-hybridized carbons (Fsp3) is 0.296. The number of aryl methyl sites for hydroxylation is 1. The molecule has 4 aromatic rings. The molecular weight excluding hydrogens is 453 g/mol. The highest BCUT2D eigenvalue weighted by Crippen LogP contribution is 2.41. The molecule has 0 spiro atoms. The van der Waals surface area contributed by atoms with Crippen molar-refractivity contribution in [2.24, 2.45) is 7.05 Å². The van der Waals surface area contributed by atoms with Crippen molar-refractivity contribution in [1.29, 1.82) is 0 Å². The molecule has 0 saturated heterocycles. The van der Waals surface area contributed by atoms with Gasteiger partial charge in [0.2, 0.25) is 0 Å². The molecular formula is C27H25F3N4O. The Morgan fingerprint density at radius 1 is 1.06 bits per heavy atom.